The van der Waals surface area contributed by atoms with Crippen LogP contribution in [0.3, 0.4) is 0 Å². The van der Waals surface area contributed by atoms with Crippen LogP contribution < -0.4 is 0 Å². The molecule has 0 aromatic heterocycles. The van der Waals surface area contributed by atoms with Gasteiger partial charge in [0.1, 0.15) is 0 Å². The summed E-state index contributed by atoms with van der Waals surface area (Å²) in [4.78, 5) is 0. The Morgan fingerprint density at radius 3 is 0.235 bits per heavy atom. The Morgan fingerprint density at radius 2 is 0.235 bits per heavy atom. The van der Waals surface area contributed by atoms with Gasteiger partial charge in [0.05, 0.1) is 0 Å². The molecule has 200 valence electrons. The quantitative estimate of drug-likeness (QED) is 0.163. The number of hydrogen-bond donors (Lipinski definition) is 0. The van der Waals surface area contributed by atoms with Crippen LogP contribution in [0.5, 0.6) is 0 Å². The molecule has 0 bridgehead atoms. The van der Waals surface area contributed by atoms with Crippen molar-refractivity contribution in [3.8, 4) is 0 Å². The van der Waals surface area contributed by atoms with Crippen molar-refractivity contribution in [2.75, 3.05) is 0 Å². The second-order valence-corrected chi connectivity index (χ2v) is 6.12. The Morgan fingerprint density at radius 1 is 0.235 bits per heavy atom. The van der Waals surface area contributed by atoms with Crippen molar-refractivity contribution in [2.45, 2.75) is 0 Å². The van der Waals surface area contributed by atoms with Crippen LogP contribution in [-0.4, -0.2) is 87.6 Å². The van der Waals surface area contributed by atoms with Crippen molar-refractivity contribution >= 4 is 52.0 Å². The minimum Gasteiger partial charge on any atom is -2.00 e. The second kappa shape index (κ2) is 39.0. The predicted octanol–water partition coefficient (Wildman–Crippen LogP) is -7.29. The van der Waals surface area contributed by atoms with Crippen LogP contribution in [0.25, 0.3) is 0 Å². The van der Waals surface area contributed by atoms with Crippen LogP contribution in [0.2, 0.25) is 0 Å². The zero-order valence-electron chi connectivity index (χ0n) is 14.0. The van der Waals surface area contributed by atoms with Gasteiger partial charge in [-0.15, -0.1) is 0 Å². The molecule has 34 heavy (non-hydrogen) atoms. The van der Waals surface area contributed by atoms with Gasteiger partial charge in [-0.1, -0.05) is 0 Å². The molecule has 0 atom stereocenters. The average Bonchev–Trinajstić information content (AvgIpc) is 1.79. The molecule has 34 heteroatoms. The van der Waals surface area contributed by atoms with E-state index in [4.69, 9.17) is 87.6 Å². The van der Waals surface area contributed by atoms with E-state index < -0.39 is 52.0 Å². The van der Waals surface area contributed by atoms with Crippen molar-refractivity contribution < 1.29 is 189 Å². The molecule has 0 N–H and O–H groups in total. The van der Waals surface area contributed by atoms with Gasteiger partial charge in [0.25, 0.3) is 0 Å². The molecule has 0 spiro atoms. The van der Waals surface area contributed by atoms with Gasteiger partial charge >= 0.3 is 74.2 Å². The van der Waals surface area contributed by atoms with Gasteiger partial charge in [-0.3, -0.25) is 42.1 Å². The summed E-state index contributed by atoms with van der Waals surface area (Å²) >= 11 is 0. The van der Waals surface area contributed by atoms with E-state index in [0.717, 1.165) is 0 Å². The second-order valence-electron chi connectivity index (χ2n) is 2.04. The van der Waals surface area contributed by atoms with Gasteiger partial charge < -0.3 is 72.9 Å². The maximum absolute atomic E-state index is 8.52. The summed E-state index contributed by atoms with van der Waals surface area (Å²) in [5, 5.41) is 0. The Labute approximate surface area is 239 Å². The standard InChI is InChI=1S/5H2O4S.5O.4V/c5*1-5(2,3)4;;;;;;;;;/h5*(H2,1,2,3,4);;;;;;;;;/q;;;;;5*-2;4*+5/p-10. The molecule has 0 aliphatic heterocycles. The number of hydrogen-bond acceptors (Lipinski definition) is 20. The first kappa shape index (κ1) is 91.4. The topological polar surface area (TPSA) is 544 Å². The molecule has 0 amide bonds. The van der Waals surface area contributed by atoms with Crippen molar-refractivity contribution in [3.05, 3.63) is 0 Å². The van der Waals surface area contributed by atoms with Gasteiger partial charge in [0, 0.05) is 52.0 Å². The molecule has 0 aromatic rings. The van der Waals surface area contributed by atoms with Crippen molar-refractivity contribution in [1.29, 1.82) is 0 Å². The first-order valence-corrected chi connectivity index (χ1v) is 10.0. The molecular weight excluding hydrogens is 764 g/mol. The van der Waals surface area contributed by atoms with Crippen LogP contribution in [-0.2, 0) is 154 Å². The smallest absolute Gasteiger partial charge is 2.00 e. The predicted molar refractivity (Wildman–Crippen MR) is 55.8 cm³/mol. The third-order valence-corrected chi connectivity index (χ3v) is 0. The molecule has 0 unspecified atom stereocenters. The van der Waals surface area contributed by atoms with Crippen LogP contribution >= 0.6 is 0 Å². The third kappa shape index (κ3) is 16000. The molecule has 0 saturated heterocycles. The fourth-order valence-corrected chi connectivity index (χ4v) is 0. The minimum absolute atomic E-state index is 0. The Bertz CT molecular complexity index is 627. The SMILES string of the molecule is O=S(=O)([O-])[O-].O=S(=O)([O-])[O-].O=S(=O)([O-])[O-].O=S(=O)([O-])[O-].O=S(=O)([O-])[O-].[O-2].[O-2].[O-2].[O-2].[O-2].[V+5].[V+5].[V+5].[V+5]. The first-order valence-electron chi connectivity index (χ1n) is 3.33. The summed E-state index contributed by atoms with van der Waals surface area (Å²) in [5.41, 5.74) is 0. The zero-order chi connectivity index (χ0) is 22.5. The molecule has 0 saturated carbocycles. The van der Waals surface area contributed by atoms with Crippen molar-refractivity contribution in [1.82, 2.24) is 0 Å². The molecule has 25 nitrogen and oxygen atoms in total. The van der Waals surface area contributed by atoms with E-state index >= 15 is 0 Å². The summed E-state index contributed by atoms with van der Waals surface area (Å²) in [6.07, 6.45) is 0. The van der Waals surface area contributed by atoms with Crippen LogP contribution in [0.4, 0.5) is 0 Å². The van der Waals surface area contributed by atoms with Crippen LogP contribution in [0.15, 0.2) is 0 Å². The molecule has 0 radical (unpaired) electrons. The summed E-state index contributed by atoms with van der Waals surface area (Å²) in [6.45, 7) is 0. The average molecular weight is 764 g/mol. The Balaban J connectivity index is -0.0000000115. The summed E-state index contributed by atoms with van der Waals surface area (Å²) in [7, 11) is -25.8. The first-order chi connectivity index (χ1) is 10.0. The van der Waals surface area contributed by atoms with E-state index in [2.05, 4.69) is 0 Å². The third-order valence-electron chi connectivity index (χ3n) is 0. The van der Waals surface area contributed by atoms with E-state index in [1.54, 1.807) is 0 Å². The molecule has 0 heterocycles. The molecule has 0 rings (SSSR count). The number of rotatable bonds is 0. The largest absolute Gasteiger partial charge is 5.00 e. The summed E-state index contributed by atoms with van der Waals surface area (Å²) in [5.74, 6) is 0. The van der Waals surface area contributed by atoms with Gasteiger partial charge in [-0.25, -0.2) is 0 Å². The molecular formula is O25S5V4. The Kier molecular flexibility index (Phi) is 105. The van der Waals surface area contributed by atoms with Gasteiger partial charge in [0.2, 0.25) is 0 Å². The van der Waals surface area contributed by atoms with Gasteiger partial charge in [0.15, 0.2) is 0 Å². The van der Waals surface area contributed by atoms with Crippen LogP contribution in [0.1, 0.15) is 0 Å². The van der Waals surface area contributed by atoms with E-state index in [0.29, 0.717) is 0 Å². The van der Waals surface area contributed by atoms with Crippen molar-refractivity contribution in [2.24, 2.45) is 0 Å². The molecule has 0 aliphatic rings. The Hall–Kier alpha value is 1.49. The monoisotopic (exact) mass is 764 g/mol. The van der Waals surface area contributed by atoms with E-state index in [-0.39, 0.29) is 102 Å². The normalized spacial score (nSPS) is 8.53. The van der Waals surface area contributed by atoms with E-state index in [1.807, 2.05) is 0 Å². The summed E-state index contributed by atoms with van der Waals surface area (Å²) < 4.78 is 170. The molecule has 0 aromatic carbocycles. The zero-order valence-corrected chi connectivity index (χ0v) is 23.7. The van der Waals surface area contributed by atoms with Gasteiger partial charge in [-0.2, -0.15) is 0 Å². The fraction of sp³-hybridized carbons (Fsp3) is 0. The van der Waals surface area contributed by atoms with Gasteiger partial charge in [-0.05, 0) is 0 Å². The van der Waals surface area contributed by atoms with Crippen LogP contribution in [0, 0.1) is 0 Å². The van der Waals surface area contributed by atoms with Crippen molar-refractivity contribution in [3.63, 3.8) is 0 Å². The van der Waals surface area contributed by atoms with E-state index in [9.17, 15) is 0 Å². The fourth-order valence-electron chi connectivity index (χ4n) is 0. The minimum atomic E-state index is -5.17. The molecule has 0 fully saturated rings. The maximum atomic E-state index is 8.52. The van der Waals surface area contributed by atoms with E-state index in [1.165, 1.54) is 0 Å². The molecule has 0 aliphatic carbocycles. The summed E-state index contributed by atoms with van der Waals surface area (Å²) in [6, 6.07) is 0. The maximum Gasteiger partial charge on any atom is 5.00 e.